The Kier molecular flexibility index (Phi) is 5.48. The molecule has 1 atom stereocenters. The smallest absolute Gasteiger partial charge is 0.244 e. The van der Waals surface area contributed by atoms with E-state index in [0.29, 0.717) is 25.9 Å². The summed E-state index contributed by atoms with van der Waals surface area (Å²) < 4.78 is 40.2. The quantitative estimate of drug-likeness (QED) is 0.844. The molecule has 1 aliphatic heterocycles. The second kappa shape index (κ2) is 6.79. The highest BCUT2D eigenvalue weighted by Crippen LogP contribution is 2.33. The van der Waals surface area contributed by atoms with Crippen molar-refractivity contribution in [1.29, 1.82) is 0 Å². The van der Waals surface area contributed by atoms with Crippen LogP contribution in [-0.2, 0) is 10.0 Å². The van der Waals surface area contributed by atoms with Gasteiger partial charge in [0.2, 0.25) is 10.0 Å². The van der Waals surface area contributed by atoms with Gasteiger partial charge in [-0.25, -0.2) is 12.8 Å². The summed E-state index contributed by atoms with van der Waals surface area (Å²) in [5.41, 5.74) is 0. The van der Waals surface area contributed by atoms with E-state index < -0.39 is 20.9 Å². The fourth-order valence-corrected chi connectivity index (χ4v) is 4.78. The van der Waals surface area contributed by atoms with Crippen molar-refractivity contribution in [2.75, 3.05) is 19.7 Å². The minimum Gasteiger partial charge on any atom is -0.396 e. The zero-order chi connectivity index (χ0) is 15.6. The van der Waals surface area contributed by atoms with E-state index in [0.717, 1.165) is 6.42 Å². The molecule has 1 fully saturated rings. The number of hydrogen-bond acceptors (Lipinski definition) is 3. The highest BCUT2D eigenvalue weighted by atomic mass is 35.5. The molecule has 1 aromatic rings. The van der Waals surface area contributed by atoms with Gasteiger partial charge in [0.15, 0.2) is 5.82 Å². The third-order valence-corrected chi connectivity index (χ3v) is 6.32. The third kappa shape index (κ3) is 3.51. The van der Waals surface area contributed by atoms with Gasteiger partial charge in [0, 0.05) is 19.7 Å². The molecule has 2 rings (SSSR count). The van der Waals surface area contributed by atoms with E-state index in [1.165, 1.54) is 16.4 Å². The van der Waals surface area contributed by atoms with Gasteiger partial charge >= 0.3 is 0 Å². The highest BCUT2D eigenvalue weighted by Gasteiger charge is 2.32. The molecule has 8 heteroatoms. The summed E-state index contributed by atoms with van der Waals surface area (Å²) in [7, 11) is -3.86. The van der Waals surface area contributed by atoms with Gasteiger partial charge in [-0.2, -0.15) is 4.31 Å². The summed E-state index contributed by atoms with van der Waals surface area (Å²) in [6, 6.07) is 2.41. The summed E-state index contributed by atoms with van der Waals surface area (Å²) in [6.45, 7) is 0.698. The molecule has 0 aliphatic carbocycles. The molecular formula is C13H16Cl2FNO3S. The molecule has 0 bridgehead atoms. The van der Waals surface area contributed by atoms with Gasteiger partial charge in [-0.05, 0) is 37.3 Å². The summed E-state index contributed by atoms with van der Waals surface area (Å²) in [5.74, 6) is -0.822. The van der Waals surface area contributed by atoms with Crippen molar-refractivity contribution in [2.45, 2.75) is 24.2 Å². The maximum absolute atomic E-state index is 13.7. The van der Waals surface area contributed by atoms with Crippen molar-refractivity contribution in [1.82, 2.24) is 4.31 Å². The van der Waals surface area contributed by atoms with Gasteiger partial charge in [0.1, 0.15) is 4.90 Å². The topological polar surface area (TPSA) is 57.6 Å². The first kappa shape index (κ1) is 17.0. The standard InChI is InChI=1S/C13H16Cl2FNO3S/c14-10-3-4-11(12(15)13(10)16)21(19,20)17-6-1-2-9(8-17)5-7-18/h3-4,9,18H,1-2,5-8H2. The van der Waals surface area contributed by atoms with Crippen molar-refractivity contribution in [3.8, 4) is 0 Å². The molecule has 4 nitrogen and oxygen atoms in total. The van der Waals surface area contributed by atoms with Crippen LogP contribution in [0.4, 0.5) is 4.39 Å². The Labute approximate surface area is 133 Å². The molecular weight excluding hydrogens is 340 g/mol. The molecule has 118 valence electrons. The number of nitrogens with zero attached hydrogens (tertiary/aromatic N) is 1. The van der Waals surface area contributed by atoms with E-state index in [1.54, 1.807) is 0 Å². The predicted octanol–water partition coefficient (Wildman–Crippen LogP) is 2.92. The molecule has 1 saturated heterocycles. The second-order valence-electron chi connectivity index (χ2n) is 5.06. The SMILES string of the molecule is O=S(=O)(c1ccc(Cl)c(F)c1Cl)N1CCCC(CCO)C1. The van der Waals surface area contributed by atoms with E-state index >= 15 is 0 Å². The van der Waals surface area contributed by atoms with Gasteiger partial charge < -0.3 is 5.11 Å². The van der Waals surface area contributed by atoms with Crippen LogP contribution in [0, 0.1) is 11.7 Å². The Morgan fingerprint density at radius 2 is 2.10 bits per heavy atom. The third-order valence-electron chi connectivity index (χ3n) is 3.64. The first-order valence-corrected chi connectivity index (χ1v) is 8.82. The van der Waals surface area contributed by atoms with Gasteiger partial charge in [-0.3, -0.25) is 0 Å². The van der Waals surface area contributed by atoms with Crippen molar-refractivity contribution >= 4 is 33.2 Å². The van der Waals surface area contributed by atoms with Crippen molar-refractivity contribution < 1.29 is 17.9 Å². The molecule has 1 aromatic carbocycles. The fraction of sp³-hybridized carbons (Fsp3) is 0.538. The largest absolute Gasteiger partial charge is 0.396 e. The van der Waals surface area contributed by atoms with E-state index in [1.807, 2.05) is 0 Å². The van der Waals surface area contributed by atoms with Crippen LogP contribution in [0.5, 0.6) is 0 Å². The Morgan fingerprint density at radius 3 is 2.76 bits per heavy atom. The first-order valence-electron chi connectivity index (χ1n) is 6.62. The number of aliphatic hydroxyl groups excluding tert-OH is 1. The highest BCUT2D eigenvalue weighted by molar-refractivity contribution is 7.89. The molecule has 1 aliphatic rings. The first-order chi connectivity index (χ1) is 9.87. The molecule has 0 spiro atoms. The van der Waals surface area contributed by atoms with Gasteiger partial charge in [-0.1, -0.05) is 23.2 Å². The number of halogens is 3. The zero-order valence-electron chi connectivity index (χ0n) is 11.2. The summed E-state index contributed by atoms with van der Waals surface area (Å²) in [6.07, 6.45) is 2.13. The van der Waals surface area contributed by atoms with E-state index in [-0.39, 0.29) is 22.4 Å². The number of benzene rings is 1. The average Bonchev–Trinajstić information content (AvgIpc) is 2.45. The van der Waals surface area contributed by atoms with Crippen molar-refractivity contribution in [3.63, 3.8) is 0 Å². The maximum Gasteiger partial charge on any atom is 0.244 e. The summed E-state index contributed by atoms with van der Waals surface area (Å²) in [4.78, 5) is -0.268. The Hall–Kier alpha value is -0.400. The summed E-state index contributed by atoms with van der Waals surface area (Å²) >= 11 is 11.4. The van der Waals surface area contributed by atoms with Crippen LogP contribution in [0.25, 0.3) is 0 Å². The lowest BCUT2D eigenvalue weighted by atomic mass is 9.97. The lowest BCUT2D eigenvalue weighted by molar-refractivity contribution is 0.203. The van der Waals surface area contributed by atoms with Gasteiger partial charge in [0.25, 0.3) is 0 Å². The number of sulfonamides is 1. The van der Waals surface area contributed by atoms with E-state index in [4.69, 9.17) is 28.3 Å². The maximum atomic E-state index is 13.7. The Morgan fingerprint density at radius 1 is 1.38 bits per heavy atom. The molecule has 1 heterocycles. The molecule has 0 aromatic heterocycles. The Balaban J connectivity index is 2.32. The molecule has 1 N–H and O–H groups in total. The minimum atomic E-state index is -3.86. The molecule has 0 amide bonds. The molecule has 21 heavy (non-hydrogen) atoms. The average molecular weight is 356 g/mol. The van der Waals surface area contributed by atoms with Crippen molar-refractivity contribution in [3.05, 3.63) is 28.0 Å². The Bertz CT molecular complexity index is 622. The van der Waals surface area contributed by atoms with Gasteiger partial charge in [0.05, 0.1) is 10.0 Å². The fourth-order valence-electron chi connectivity index (χ4n) is 2.51. The lowest BCUT2D eigenvalue weighted by Crippen LogP contribution is -2.40. The number of hydrogen-bond donors (Lipinski definition) is 1. The van der Waals surface area contributed by atoms with Crippen LogP contribution < -0.4 is 0 Å². The van der Waals surface area contributed by atoms with E-state index in [2.05, 4.69) is 0 Å². The number of aliphatic hydroxyl groups is 1. The van der Waals surface area contributed by atoms with Crippen LogP contribution in [0.1, 0.15) is 19.3 Å². The summed E-state index contributed by atoms with van der Waals surface area (Å²) in [5, 5.41) is 8.29. The van der Waals surface area contributed by atoms with Crippen LogP contribution in [0.2, 0.25) is 10.0 Å². The van der Waals surface area contributed by atoms with Crippen LogP contribution in [-0.4, -0.2) is 37.5 Å². The molecule has 1 unspecified atom stereocenters. The predicted molar refractivity (Wildman–Crippen MR) is 79.6 cm³/mol. The van der Waals surface area contributed by atoms with Gasteiger partial charge in [-0.15, -0.1) is 0 Å². The van der Waals surface area contributed by atoms with E-state index in [9.17, 15) is 12.8 Å². The molecule has 0 radical (unpaired) electrons. The van der Waals surface area contributed by atoms with Crippen LogP contribution in [0.15, 0.2) is 17.0 Å². The molecule has 0 saturated carbocycles. The normalized spacial score (nSPS) is 20.7. The number of rotatable bonds is 4. The monoisotopic (exact) mass is 355 g/mol. The number of piperidine rings is 1. The van der Waals surface area contributed by atoms with Crippen LogP contribution in [0.3, 0.4) is 0 Å². The second-order valence-corrected chi connectivity index (χ2v) is 7.75. The van der Waals surface area contributed by atoms with Crippen molar-refractivity contribution in [2.24, 2.45) is 5.92 Å². The minimum absolute atomic E-state index is 0.0227. The lowest BCUT2D eigenvalue weighted by Gasteiger charge is -2.31. The zero-order valence-corrected chi connectivity index (χ0v) is 13.6. The van der Waals surface area contributed by atoms with Crippen LogP contribution >= 0.6 is 23.2 Å².